The van der Waals surface area contributed by atoms with Crippen LogP contribution in [0.1, 0.15) is 23.0 Å². The minimum absolute atomic E-state index is 0.0962. The molecule has 3 heterocycles. The summed E-state index contributed by atoms with van der Waals surface area (Å²) in [6.45, 7) is 4.49. The first-order chi connectivity index (χ1) is 14.4. The molecule has 1 amide bonds. The average molecular weight is 404 g/mol. The predicted octanol–water partition coefficient (Wildman–Crippen LogP) is 2.97. The zero-order valence-corrected chi connectivity index (χ0v) is 17.5. The SMILES string of the molecule is COc1ccc(-c2cc(C(=O)N[C@@H](C)Cn3ccc(C)n3)c3cnn(C)c3n2)cc1. The van der Waals surface area contributed by atoms with Crippen LogP contribution in [-0.2, 0) is 13.6 Å². The number of carbonyl (C=O) groups is 1. The van der Waals surface area contributed by atoms with Crippen molar-refractivity contribution in [2.75, 3.05) is 7.11 Å². The summed E-state index contributed by atoms with van der Waals surface area (Å²) in [5, 5.41) is 12.5. The number of benzene rings is 1. The van der Waals surface area contributed by atoms with Crippen molar-refractivity contribution in [1.29, 1.82) is 0 Å². The van der Waals surface area contributed by atoms with Gasteiger partial charge in [0.1, 0.15) is 5.75 Å². The van der Waals surface area contributed by atoms with Gasteiger partial charge in [0.25, 0.3) is 5.91 Å². The Labute approximate surface area is 174 Å². The summed E-state index contributed by atoms with van der Waals surface area (Å²) in [5.74, 6) is 0.600. The second-order valence-corrected chi connectivity index (χ2v) is 7.34. The van der Waals surface area contributed by atoms with Crippen molar-refractivity contribution < 1.29 is 9.53 Å². The molecule has 8 nitrogen and oxygen atoms in total. The fourth-order valence-electron chi connectivity index (χ4n) is 3.40. The quantitative estimate of drug-likeness (QED) is 0.534. The van der Waals surface area contributed by atoms with Crippen molar-refractivity contribution in [2.24, 2.45) is 7.05 Å². The highest BCUT2D eigenvalue weighted by Crippen LogP contribution is 2.26. The number of pyridine rings is 1. The number of nitrogens with zero attached hydrogens (tertiary/aromatic N) is 5. The molecule has 4 rings (SSSR count). The van der Waals surface area contributed by atoms with E-state index in [1.165, 1.54) is 0 Å². The Hall–Kier alpha value is -3.68. The molecule has 0 saturated carbocycles. The third-order valence-electron chi connectivity index (χ3n) is 4.95. The maximum atomic E-state index is 13.1. The first kappa shape index (κ1) is 19.6. The van der Waals surface area contributed by atoms with Gasteiger partial charge in [0.2, 0.25) is 0 Å². The Kier molecular flexibility index (Phi) is 5.22. The molecule has 0 aliphatic carbocycles. The second kappa shape index (κ2) is 7.98. The smallest absolute Gasteiger partial charge is 0.252 e. The predicted molar refractivity (Wildman–Crippen MR) is 114 cm³/mol. The van der Waals surface area contributed by atoms with Crippen LogP contribution in [0, 0.1) is 6.92 Å². The zero-order chi connectivity index (χ0) is 21.3. The molecule has 1 N–H and O–H groups in total. The number of amides is 1. The van der Waals surface area contributed by atoms with Crippen molar-refractivity contribution >= 4 is 16.9 Å². The van der Waals surface area contributed by atoms with E-state index in [0.29, 0.717) is 23.4 Å². The first-order valence-electron chi connectivity index (χ1n) is 9.72. The molecule has 4 aromatic rings. The van der Waals surface area contributed by atoms with Crippen LogP contribution in [0.25, 0.3) is 22.3 Å². The maximum absolute atomic E-state index is 13.1. The molecule has 0 bridgehead atoms. The van der Waals surface area contributed by atoms with Gasteiger partial charge in [0.15, 0.2) is 5.65 Å². The molecule has 0 radical (unpaired) electrons. The summed E-state index contributed by atoms with van der Waals surface area (Å²) in [4.78, 5) is 17.9. The molecule has 0 fully saturated rings. The lowest BCUT2D eigenvalue weighted by Crippen LogP contribution is -2.36. The maximum Gasteiger partial charge on any atom is 0.252 e. The van der Waals surface area contributed by atoms with Gasteiger partial charge >= 0.3 is 0 Å². The zero-order valence-electron chi connectivity index (χ0n) is 17.5. The average Bonchev–Trinajstić information content (AvgIpc) is 3.32. The monoisotopic (exact) mass is 404 g/mol. The van der Waals surface area contributed by atoms with Crippen molar-refractivity contribution in [1.82, 2.24) is 29.9 Å². The van der Waals surface area contributed by atoms with Crippen LogP contribution in [0.5, 0.6) is 5.75 Å². The van der Waals surface area contributed by atoms with Gasteiger partial charge in [0, 0.05) is 24.8 Å². The van der Waals surface area contributed by atoms with E-state index in [0.717, 1.165) is 22.4 Å². The molecule has 0 spiro atoms. The summed E-state index contributed by atoms with van der Waals surface area (Å²) < 4.78 is 8.74. The van der Waals surface area contributed by atoms with Gasteiger partial charge in [-0.3, -0.25) is 14.2 Å². The van der Waals surface area contributed by atoms with Crippen molar-refractivity contribution in [3.05, 3.63) is 60.0 Å². The van der Waals surface area contributed by atoms with Gasteiger partial charge in [-0.1, -0.05) is 0 Å². The number of methoxy groups -OCH3 is 1. The number of hydrogen-bond acceptors (Lipinski definition) is 5. The lowest BCUT2D eigenvalue weighted by atomic mass is 10.1. The Balaban J connectivity index is 1.65. The Morgan fingerprint density at radius 2 is 2.00 bits per heavy atom. The third-order valence-corrected chi connectivity index (χ3v) is 4.95. The van der Waals surface area contributed by atoms with Crippen LogP contribution in [-0.4, -0.2) is 43.6 Å². The molecule has 8 heteroatoms. The number of nitrogens with one attached hydrogen (secondary N) is 1. The van der Waals surface area contributed by atoms with E-state index in [-0.39, 0.29) is 11.9 Å². The van der Waals surface area contributed by atoms with Crippen LogP contribution in [0.2, 0.25) is 0 Å². The standard InChI is InChI=1S/C22H24N6O2/c1-14-9-10-28(26-14)13-15(2)24-22(29)18-11-20(16-5-7-17(30-4)8-6-16)25-21-19(18)12-23-27(21)3/h5-12,15H,13H2,1-4H3,(H,24,29)/t15-/m0/s1. The summed E-state index contributed by atoms with van der Waals surface area (Å²) in [6.07, 6.45) is 3.59. The molecule has 154 valence electrons. The van der Waals surface area contributed by atoms with E-state index < -0.39 is 0 Å². The minimum Gasteiger partial charge on any atom is -0.497 e. The molecule has 1 atom stereocenters. The summed E-state index contributed by atoms with van der Waals surface area (Å²) >= 11 is 0. The molecule has 0 unspecified atom stereocenters. The third kappa shape index (κ3) is 3.89. The lowest BCUT2D eigenvalue weighted by molar-refractivity contribution is 0.0937. The molecular formula is C22H24N6O2. The molecule has 0 aliphatic heterocycles. The van der Waals surface area contributed by atoms with Gasteiger partial charge in [-0.25, -0.2) is 4.98 Å². The van der Waals surface area contributed by atoms with E-state index in [9.17, 15) is 4.79 Å². The van der Waals surface area contributed by atoms with Crippen molar-refractivity contribution in [2.45, 2.75) is 26.4 Å². The van der Waals surface area contributed by atoms with Gasteiger partial charge in [-0.2, -0.15) is 10.2 Å². The molecule has 3 aromatic heterocycles. The number of aryl methyl sites for hydroxylation is 2. The fraction of sp³-hybridized carbons (Fsp3) is 0.273. The van der Waals surface area contributed by atoms with Crippen LogP contribution in [0.3, 0.4) is 0 Å². The topological polar surface area (TPSA) is 86.9 Å². The fourth-order valence-corrected chi connectivity index (χ4v) is 3.40. The number of hydrogen-bond donors (Lipinski definition) is 1. The van der Waals surface area contributed by atoms with Gasteiger partial charge in [-0.05, 0) is 50.2 Å². The summed E-state index contributed by atoms with van der Waals surface area (Å²) in [6, 6.07) is 11.3. The minimum atomic E-state index is -0.165. The lowest BCUT2D eigenvalue weighted by Gasteiger charge is -2.15. The van der Waals surface area contributed by atoms with Crippen molar-refractivity contribution in [3.8, 4) is 17.0 Å². The van der Waals surface area contributed by atoms with E-state index in [1.807, 2.05) is 68.2 Å². The van der Waals surface area contributed by atoms with Crippen LogP contribution >= 0.6 is 0 Å². The normalized spacial score (nSPS) is 12.1. The Bertz CT molecular complexity index is 1190. The molecule has 30 heavy (non-hydrogen) atoms. The van der Waals surface area contributed by atoms with Crippen LogP contribution < -0.4 is 10.1 Å². The largest absolute Gasteiger partial charge is 0.497 e. The van der Waals surface area contributed by atoms with E-state index >= 15 is 0 Å². The number of aromatic nitrogens is 5. The molecule has 0 aliphatic rings. The van der Waals surface area contributed by atoms with Gasteiger partial charge in [-0.15, -0.1) is 0 Å². The highest BCUT2D eigenvalue weighted by Gasteiger charge is 2.18. The van der Waals surface area contributed by atoms with Crippen molar-refractivity contribution in [3.63, 3.8) is 0 Å². The second-order valence-electron chi connectivity index (χ2n) is 7.34. The molecule has 1 aromatic carbocycles. The molecular weight excluding hydrogens is 380 g/mol. The van der Waals surface area contributed by atoms with Gasteiger partial charge in [0.05, 0.1) is 42.2 Å². The Morgan fingerprint density at radius 1 is 1.23 bits per heavy atom. The summed E-state index contributed by atoms with van der Waals surface area (Å²) in [7, 11) is 3.45. The van der Waals surface area contributed by atoms with Crippen LogP contribution in [0.4, 0.5) is 0 Å². The number of fused-ring (bicyclic) bond motifs is 1. The number of carbonyl (C=O) groups excluding carboxylic acids is 1. The Morgan fingerprint density at radius 3 is 2.67 bits per heavy atom. The number of rotatable bonds is 6. The van der Waals surface area contributed by atoms with Gasteiger partial charge < -0.3 is 10.1 Å². The first-order valence-corrected chi connectivity index (χ1v) is 9.72. The van der Waals surface area contributed by atoms with E-state index in [4.69, 9.17) is 9.72 Å². The molecule has 0 saturated heterocycles. The number of ether oxygens (including phenoxy) is 1. The summed E-state index contributed by atoms with van der Waals surface area (Å²) in [5.41, 5.74) is 3.75. The van der Waals surface area contributed by atoms with E-state index in [1.54, 1.807) is 18.0 Å². The van der Waals surface area contributed by atoms with Crippen LogP contribution in [0.15, 0.2) is 48.8 Å². The van der Waals surface area contributed by atoms with E-state index in [2.05, 4.69) is 15.5 Å². The highest BCUT2D eigenvalue weighted by molar-refractivity contribution is 6.06. The highest BCUT2D eigenvalue weighted by atomic mass is 16.5.